The third-order valence-electron chi connectivity index (χ3n) is 4.41. The second kappa shape index (κ2) is 7.41. The van der Waals surface area contributed by atoms with Crippen molar-refractivity contribution in [1.82, 2.24) is 15.2 Å². The molecule has 0 saturated carbocycles. The lowest BCUT2D eigenvalue weighted by Gasteiger charge is -2.35. The molecule has 2 unspecified atom stereocenters. The molecule has 2 rings (SSSR count). The Morgan fingerprint density at radius 1 is 1.35 bits per heavy atom. The first kappa shape index (κ1) is 17.2. The van der Waals surface area contributed by atoms with E-state index in [2.05, 4.69) is 10.3 Å². The maximum Gasteiger partial charge on any atom is 0.255 e. The molecule has 1 aliphatic heterocycles. The van der Waals surface area contributed by atoms with E-state index in [1.807, 2.05) is 6.92 Å². The maximum atomic E-state index is 12.3. The Labute approximate surface area is 136 Å². The summed E-state index contributed by atoms with van der Waals surface area (Å²) in [4.78, 5) is 29.9. The van der Waals surface area contributed by atoms with Gasteiger partial charge in [-0.2, -0.15) is 0 Å². The number of aromatic nitrogens is 1. The van der Waals surface area contributed by atoms with Crippen LogP contribution in [-0.2, 0) is 4.79 Å². The van der Waals surface area contributed by atoms with Crippen LogP contribution in [0.2, 0.25) is 0 Å². The van der Waals surface area contributed by atoms with E-state index in [0.29, 0.717) is 30.3 Å². The van der Waals surface area contributed by atoms with Crippen molar-refractivity contribution >= 4 is 17.5 Å². The highest BCUT2D eigenvalue weighted by molar-refractivity contribution is 5.98. The van der Waals surface area contributed by atoms with Crippen molar-refractivity contribution in [2.45, 2.75) is 38.8 Å². The topological polar surface area (TPSA) is 114 Å². The molecule has 1 aromatic heterocycles. The summed E-state index contributed by atoms with van der Waals surface area (Å²) in [5.74, 6) is 0.106. The number of carbonyl (C=O) groups excluding carboxylic acids is 2. The van der Waals surface area contributed by atoms with E-state index in [1.165, 1.54) is 6.20 Å². The van der Waals surface area contributed by atoms with Crippen LogP contribution >= 0.6 is 0 Å². The molecule has 1 aliphatic rings. The van der Waals surface area contributed by atoms with E-state index >= 15 is 0 Å². The number of rotatable bonds is 4. The number of anilines is 1. The zero-order valence-corrected chi connectivity index (χ0v) is 13.7. The number of likely N-dealkylation sites (tertiary alicyclic amines) is 1. The fraction of sp³-hybridized carbons (Fsp3) is 0.562. The molecule has 1 fully saturated rings. The Hall–Kier alpha value is -2.15. The van der Waals surface area contributed by atoms with E-state index in [0.717, 1.165) is 12.8 Å². The number of hydrogen-bond acceptors (Lipinski definition) is 5. The average molecular weight is 319 g/mol. The Bertz CT molecular complexity index is 567. The van der Waals surface area contributed by atoms with Crippen molar-refractivity contribution in [2.24, 2.45) is 11.7 Å². The van der Waals surface area contributed by atoms with Gasteiger partial charge in [0, 0.05) is 37.2 Å². The molecule has 0 aliphatic carbocycles. The van der Waals surface area contributed by atoms with Crippen LogP contribution in [0.3, 0.4) is 0 Å². The smallest absolute Gasteiger partial charge is 0.255 e. The largest absolute Gasteiger partial charge is 0.398 e. The molecule has 2 heterocycles. The number of pyridine rings is 1. The molecular weight excluding hydrogens is 294 g/mol. The number of carbonyl (C=O) groups is 2. The minimum absolute atomic E-state index is 0.00894. The fourth-order valence-electron chi connectivity index (χ4n) is 2.91. The summed E-state index contributed by atoms with van der Waals surface area (Å²) in [5, 5.41) is 2.99. The average Bonchev–Trinajstić information content (AvgIpc) is 2.54. The number of nitrogen functional groups attached to an aromatic ring is 1. The monoisotopic (exact) mass is 319 g/mol. The summed E-state index contributed by atoms with van der Waals surface area (Å²) in [5.41, 5.74) is 12.2. The van der Waals surface area contributed by atoms with Gasteiger partial charge in [0.15, 0.2) is 0 Å². The highest BCUT2D eigenvalue weighted by Crippen LogP contribution is 2.21. The summed E-state index contributed by atoms with van der Waals surface area (Å²) >= 11 is 0. The first-order valence-electron chi connectivity index (χ1n) is 7.95. The quantitative estimate of drug-likeness (QED) is 0.741. The van der Waals surface area contributed by atoms with Crippen LogP contribution in [0.25, 0.3) is 0 Å². The molecule has 1 saturated heterocycles. The van der Waals surface area contributed by atoms with Gasteiger partial charge in [-0.15, -0.1) is 0 Å². The fourth-order valence-corrected chi connectivity index (χ4v) is 2.91. The lowest BCUT2D eigenvalue weighted by Crippen LogP contribution is -2.49. The molecule has 2 amide bonds. The van der Waals surface area contributed by atoms with Crippen LogP contribution in [0, 0.1) is 5.92 Å². The molecule has 1 aromatic rings. The summed E-state index contributed by atoms with van der Waals surface area (Å²) in [7, 11) is 0. The molecule has 0 aromatic carbocycles. The minimum Gasteiger partial charge on any atom is -0.398 e. The molecule has 0 spiro atoms. The molecule has 23 heavy (non-hydrogen) atoms. The maximum absolute atomic E-state index is 12.3. The van der Waals surface area contributed by atoms with Crippen LogP contribution in [0.15, 0.2) is 18.5 Å². The van der Waals surface area contributed by atoms with E-state index in [4.69, 9.17) is 11.5 Å². The normalized spacial score (nSPS) is 18.3. The van der Waals surface area contributed by atoms with Crippen LogP contribution in [0.4, 0.5) is 5.69 Å². The number of nitrogens with two attached hydrogens (primary N) is 2. The number of amides is 2. The van der Waals surface area contributed by atoms with E-state index in [9.17, 15) is 9.59 Å². The van der Waals surface area contributed by atoms with Gasteiger partial charge in [-0.25, -0.2) is 0 Å². The van der Waals surface area contributed by atoms with Gasteiger partial charge in [0.2, 0.25) is 5.91 Å². The number of piperidine rings is 1. The molecule has 7 nitrogen and oxygen atoms in total. The van der Waals surface area contributed by atoms with Gasteiger partial charge in [-0.1, -0.05) is 0 Å². The van der Waals surface area contributed by atoms with Gasteiger partial charge < -0.3 is 21.7 Å². The molecule has 126 valence electrons. The predicted octanol–water partition coefficient (Wildman–Crippen LogP) is 0.368. The number of nitrogens with one attached hydrogen (secondary N) is 1. The van der Waals surface area contributed by atoms with Crippen molar-refractivity contribution in [1.29, 1.82) is 0 Å². The summed E-state index contributed by atoms with van der Waals surface area (Å²) in [6.45, 7) is 5.05. The lowest BCUT2D eigenvalue weighted by molar-refractivity contribution is -0.133. The second-order valence-electron chi connectivity index (χ2n) is 6.18. The van der Waals surface area contributed by atoms with Gasteiger partial charge in [-0.3, -0.25) is 14.6 Å². The van der Waals surface area contributed by atoms with E-state index in [-0.39, 0.29) is 17.9 Å². The van der Waals surface area contributed by atoms with Crippen LogP contribution in [0.1, 0.15) is 37.0 Å². The third-order valence-corrected chi connectivity index (χ3v) is 4.41. The molecule has 0 bridgehead atoms. The Balaban J connectivity index is 1.88. The van der Waals surface area contributed by atoms with Crippen molar-refractivity contribution in [2.75, 3.05) is 18.8 Å². The summed E-state index contributed by atoms with van der Waals surface area (Å²) < 4.78 is 0. The van der Waals surface area contributed by atoms with Crippen LogP contribution in [0.5, 0.6) is 0 Å². The zero-order valence-electron chi connectivity index (χ0n) is 13.7. The molecule has 2 atom stereocenters. The van der Waals surface area contributed by atoms with Gasteiger partial charge >= 0.3 is 0 Å². The predicted molar refractivity (Wildman–Crippen MR) is 88.5 cm³/mol. The first-order valence-corrected chi connectivity index (χ1v) is 7.95. The third kappa shape index (κ3) is 4.19. The molecule has 5 N–H and O–H groups in total. The van der Waals surface area contributed by atoms with Crippen LogP contribution in [-0.4, -0.2) is 46.9 Å². The van der Waals surface area contributed by atoms with Crippen molar-refractivity contribution in [3.63, 3.8) is 0 Å². The van der Waals surface area contributed by atoms with Crippen LogP contribution < -0.4 is 16.8 Å². The van der Waals surface area contributed by atoms with Gasteiger partial charge in [0.05, 0.1) is 11.6 Å². The number of nitrogens with zero attached hydrogens (tertiary/aromatic N) is 2. The Morgan fingerprint density at radius 2 is 2.00 bits per heavy atom. The highest BCUT2D eigenvalue weighted by Gasteiger charge is 2.28. The first-order chi connectivity index (χ1) is 10.9. The van der Waals surface area contributed by atoms with Crippen molar-refractivity contribution in [3.05, 3.63) is 24.0 Å². The highest BCUT2D eigenvalue weighted by atomic mass is 16.2. The SMILES string of the molecule is CC(N)C(=O)N1CCC(C(C)NC(=O)c2cnccc2N)CC1. The van der Waals surface area contributed by atoms with Crippen molar-refractivity contribution in [3.8, 4) is 0 Å². The molecular formula is C16H25N5O2. The summed E-state index contributed by atoms with van der Waals surface area (Å²) in [6, 6.07) is 1.16. The molecule has 7 heteroatoms. The zero-order chi connectivity index (χ0) is 17.0. The number of hydrogen-bond donors (Lipinski definition) is 3. The van der Waals surface area contributed by atoms with Gasteiger partial charge in [0.25, 0.3) is 5.91 Å². The molecule has 0 radical (unpaired) electrons. The van der Waals surface area contributed by atoms with E-state index in [1.54, 1.807) is 24.1 Å². The Kier molecular flexibility index (Phi) is 5.54. The van der Waals surface area contributed by atoms with Gasteiger partial charge in [0.1, 0.15) is 0 Å². The Morgan fingerprint density at radius 3 is 2.57 bits per heavy atom. The standard InChI is InChI=1S/C16H25N5O2/c1-10(17)16(23)21-7-4-12(5-8-21)11(2)20-15(22)13-9-19-6-3-14(13)18/h3,6,9-12H,4-5,7-8,17H2,1-2H3,(H2,18,19)(H,20,22). The lowest BCUT2D eigenvalue weighted by atomic mass is 9.90. The summed E-state index contributed by atoms with van der Waals surface area (Å²) in [6.07, 6.45) is 4.73. The van der Waals surface area contributed by atoms with E-state index < -0.39 is 6.04 Å². The van der Waals surface area contributed by atoms with Crippen molar-refractivity contribution < 1.29 is 9.59 Å². The second-order valence-corrected chi connectivity index (χ2v) is 6.18. The van der Waals surface area contributed by atoms with Gasteiger partial charge in [-0.05, 0) is 38.7 Å². The minimum atomic E-state index is -0.461.